The Hall–Kier alpha value is -2.37. The lowest BCUT2D eigenvalue weighted by atomic mass is 9.95. The third kappa shape index (κ3) is 4.06. The van der Waals surface area contributed by atoms with Crippen LogP contribution in [0, 0.1) is 27.7 Å². The Balaban J connectivity index is 1.63. The minimum absolute atomic E-state index is 0.173. The number of amides is 1. The Morgan fingerprint density at radius 2 is 1.92 bits per heavy atom. The maximum atomic E-state index is 12.1. The summed E-state index contributed by atoms with van der Waals surface area (Å²) in [6.45, 7) is 8.33. The van der Waals surface area contributed by atoms with Crippen molar-refractivity contribution in [1.82, 2.24) is 19.8 Å². The van der Waals surface area contributed by atoms with Crippen LogP contribution < -0.4 is 5.43 Å². The zero-order valence-corrected chi connectivity index (χ0v) is 16.2. The highest BCUT2D eigenvalue weighted by Gasteiger charge is 2.19. The molecule has 0 aromatic carbocycles. The van der Waals surface area contributed by atoms with Gasteiger partial charge in [-0.2, -0.15) is 10.2 Å². The fourth-order valence-corrected chi connectivity index (χ4v) is 4.01. The summed E-state index contributed by atoms with van der Waals surface area (Å²) in [6, 6.07) is 4.71. The second-order valence-electron chi connectivity index (χ2n) is 7.37. The van der Waals surface area contributed by atoms with Crippen LogP contribution in [-0.2, 0) is 11.3 Å². The second-order valence-corrected chi connectivity index (χ2v) is 7.37. The Kier molecular flexibility index (Phi) is 5.59. The first kappa shape index (κ1) is 18.4. The molecule has 3 rings (SSSR count). The Labute approximate surface area is 155 Å². The van der Waals surface area contributed by atoms with E-state index < -0.39 is 0 Å². The summed E-state index contributed by atoms with van der Waals surface area (Å²) < 4.78 is 4.13. The number of nitrogens with zero attached hydrogens (tertiary/aromatic N) is 4. The van der Waals surface area contributed by atoms with Crippen LogP contribution in [0.2, 0.25) is 0 Å². The van der Waals surface area contributed by atoms with E-state index in [0.717, 1.165) is 17.0 Å². The van der Waals surface area contributed by atoms with E-state index in [0.29, 0.717) is 6.04 Å². The van der Waals surface area contributed by atoms with Crippen LogP contribution in [0.25, 0.3) is 0 Å². The number of nitrogens with one attached hydrogen (secondary N) is 1. The van der Waals surface area contributed by atoms with Crippen molar-refractivity contribution in [3.8, 4) is 0 Å². The number of hydrogen-bond acceptors (Lipinski definition) is 3. The molecule has 140 valence electrons. The second kappa shape index (κ2) is 7.89. The smallest absolute Gasteiger partial charge is 0.261 e. The van der Waals surface area contributed by atoms with Gasteiger partial charge in [-0.25, -0.2) is 5.43 Å². The molecule has 0 spiro atoms. The molecule has 0 saturated heterocycles. The van der Waals surface area contributed by atoms with Crippen molar-refractivity contribution in [3.63, 3.8) is 0 Å². The minimum atomic E-state index is -0.173. The molecule has 1 fully saturated rings. The third-order valence-electron chi connectivity index (χ3n) is 5.25. The summed E-state index contributed by atoms with van der Waals surface area (Å²) in [4.78, 5) is 12.1. The number of rotatable bonds is 5. The maximum Gasteiger partial charge on any atom is 0.261 e. The van der Waals surface area contributed by atoms with E-state index in [4.69, 9.17) is 0 Å². The van der Waals surface area contributed by atoms with Gasteiger partial charge in [-0.1, -0.05) is 19.3 Å². The summed E-state index contributed by atoms with van der Waals surface area (Å²) >= 11 is 0. The van der Waals surface area contributed by atoms with Gasteiger partial charge in [0.2, 0.25) is 0 Å². The number of hydrogen-bond donors (Lipinski definition) is 1. The largest absolute Gasteiger partial charge is 0.345 e. The Bertz CT molecular complexity index is 809. The van der Waals surface area contributed by atoms with E-state index >= 15 is 0 Å². The first-order valence-electron chi connectivity index (χ1n) is 9.47. The Morgan fingerprint density at radius 3 is 2.58 bits per heavy atom. The predicted octanol–water partition coefficient (Wildman–Crippen LogP) is 3.57. The number of hydrazone groups is 1. The van der Waals surface area contributed by atoms with Crippen LogP contribution in [0.1, 0.15) is 66.5 Å². The van der Waals surface area contributed by atoms with Gasteiger partial charge in [0.05, 0.1) is 11.9 Å². The molecule has 0 unspecified atom stereocenters. The van der Waals surface area contributed by atoms with E-state index in [2.05, 4.69) is 40.1 Å². The van der Waals surface area contributed by atoms with Gasteiger partial charge in [0.1, 0.15) is 6.54 Å². The van der Waals surface area contributed by atoms with Gasteiger partial charge in [0, 0.05) is 28.7 Å². The summed E-state index contributed by atoms with van der Waals surface area (Å²) in [7, 11) is 0. The molecule has 2 aromatic heterocycles. The van der Waals surface area contributed by atoms with Gasteiger partial charge in [-0.05, 0) is 52.7 Å². The molecule has 2 heterocycles. The molecule has 0 radical (unpaired) electrons. The van der Waals surface area contributed by atoms with Gasteiger partial charge in [0.25, 0.3) is 5.91 Å². The highest BCUT2D eigenvalue weighted by atomic mass is 16.2. The van der Waals surface area contributed by atoms with E-state index in [1.807, 2.05) is 19.9 Å². The molecule has 1 N–H and O–H groups in total. The van der Waals surface area contributed by atoms with Crippen LogP contribution in [-0.4, -0.2) is 26.5 Å². The summed E-state index contributed by atoms with van der Waals surface area (Å²) in [5.74, 6) is -0.173. The van der Waals surface area contributed by atoms with Crippen molar-refractivity contribution < 1.29 is 4.79 Å². The van der Waals surface area contributed by atoms with Crippen molar-refractivity contribution in [2.24, 2.45) is 5.10 Å². The minimum Gasteiger partial charge on any atom is -0.345 e. The normalized spacial score (nSPS) is 15.7. The van der Waals surface area contributed by atoms with E-state index in [1.54, 1.807) is 10.9 Å². The molecule has 0 bridgehead atoms. The fourth-order valence-electron chi connectivity index (χ4n) is 4.01. The van der Waals surface area contributed by atoms with Crippen molar-refractivity contribution in [2.45, 2.75) is 72.4 Å². The molecule has 6 nitrogen and oxygen atoms in total. The zero-order valence-electron chi connectivity index (χ0n) is 16.2. The number of aryl methyl sites for hydroxylation is 3. The van der Waals surface area contributed by atoms with Crippen LogP contribution in [0.15, 0.2) is 17.2 Å². The molecule has 0 aliphatic heterocycles. The number of aromatic nitrogens is 3. The fraction of sp³-hybridized carbons (Fsp3) is 0.550. The summed E-state index contributed by atoms with van der Waals surface area (Å²) in [5.41, 5.74) is 8.06. The van der Waals surface area contributed by atoms with E-state index in [-0.39, 0.29) is 12.5 Å². The van der Waals surface area contributed by atoms with Crippen LogP contribution in [0.5, 0.6) is 0 Å². The SMILES string of the molecule is Cc1cc(C)n(CC(=O)N/N=C\c2cc(C)n(C3CCCCC3)c2C)n1. The molecule has 2 aromatic rings. The van der Waals surface area contributed by atoms with Crippen LogP contribution in [0.4, 0.5) is 0 Å². The third-order valence-corrected chi connectivity index (χ3v) is 5.25. The van der Waals surface area contributed by atoms with Crippen molar-refractivity contribution in [1.29, 1.82) is 0 Å². The molecule has 0 atom stereocenters. The molecular weight excluding hydrogens is 326 g/mol. The molecule has 1 amide bonds. The quantitative estimate of drug-likeness (QED) is 0.658. The molecular formula is C20H29N5O. The van der Waals surface area contributed by atoms with E-state index in [9.17, 15) is 4.79 Å². The monoisotopic (exact) mass is 355 g/mol. The van der Waals surface area contributed by atoms with Crippen LogP contribution >= 0.6 is 0 Å². The van der Waals surface area contributed by atoms with Crippen LogP contribution in [0.3, 0.4) is 0 Å². The van der Waals surface area contributed by atoms with E-state index in [1.165, 1.54) is 43.5 Å². The standard InChI is InChI=1S/C20H29N5O/c1-14-10-15(2)24(23-14)13-20(26)22-21-12-18-11-16(3)25(17(18)4)19-8-6-5-7-9-19/h10-12,19H,5-9,13H2,1-4H3,(H,22,26)/b21-12-. The van der Waals surface area contributed by atoms with Gasteiger partial charge >= 0.3 is 0 Å². The average Bonchev–Trinajstić information content (AvgIpc) is 3.06. The van der Waals surface area contributed by atoms with Gasteiger partial charge in [-0.15, -0.1) is 0 Å². The van der Waals surface area contributed by atoms with Crippen molar-refractivity contribution >= 4 is 12.1 Å². The summed E-state index contributed by atoms with van der Waals surface area (Å²) in [6.07, 6.45) is 8.24. The van der Waals surface area contributed by atoms with Crippen molar-refractivity contribution in [2.75, 3.05) is 0 Å². The van der Waals surface area contributed by atoms with Gasteiger partial charge in [0.15, 0.2) is 0 Å². The highest BCUT2D eigenvalue weighted by Crippen LogP contribution is 2.31. The predicted molar refractivity (Wildman–Crippen MR) is 103 cm³/mol. The average molecular weight is 355 g/mol. The Morgan fingerprint density at radius 1 is 1.19 bits per heavy atom. The lowest BCUT2D eigenvalue weighted by Crippen LogP contribution is -2.24. The number of carbonyl (C=O) groups excluding carboxylic acids is 1. The summed E-state index contributed by atoms with van der Waals surface area (Å²) in [5, 5.41) is 8.45. The zero-order chi connectivity index (χ0) is 18.7. The lowest BCUT2D eigenvalue weighted by Gasteiger charge is -2.26. The number of carbonyl (C=O) groups is 1. The molecule has 1 aliphatic carbocycles. The molecule has 1 saturated carbocycles. The van der Waals surface area contributed by atoms with Gasteiger partial charge < -0.3 is 4.57 Å². The maximum absolute atomic E-state index is 12.1. The molecule has 6 heteroatoms. The molecule has 1 aliphatic rings. The topological polar surface area (TPSA) is 64.2 Å². The lowest BCUT2D eigenvalue weighted by molar-refractivity contribution is -0.121. The first-order valence-corrected chi connectivity index (χ1v) is 9.47. The molecule has 26 heavy (non-hydrogen) atoms. The first-order chi connectivity index (χ1) is 12.5. The highest BCUT2D eigenvalue weighted by molar-refractivity contribution is 5.83. The van der Waals surface area contributed by atoms with Crippen molar-refractivity contribution in [3.05, 3.63) is 40.5 Å². The van der Waals surface area contributed by atoms with Gasteiger partial charge in [-0.3, -0.25) is 9.48 Å².